The van der Waals surface area contributed by atoms with Gasteiger partial charge in [-0.2, -0.15) is 0 Å². The zero-order chi connectivity index (χ0) is 13.8. The number of nitrogens with one attached hydrogen (secondary N) is 2. The third-order valence-electron chi connectivity index (χ3n) is 4.09. The van der Waals surface area contributed by atoms with E-state index in [1.165, 1.54) is 38.8 Å². The van der Waals surface area contributed by atoms with Gasteiger partial charge in [0.25, 0.3) is 0 Å². The summed E-state index contributed by atoms with van der Waals surface area (Å²) in [6, 6.07) is 3.27. The highest BCUT2D eigenvalue weighted by atomic mass is 127. The molecule has 6 nitrogen and oxygen atoms in total. The van der Waals surface area contributed by atoms with E-state index in [4.69, 9.17) is 4.52 Å². The molecule has 7 heteroatoms. The normalized spacial score (nSPS) is 20.9. The van der Waals surface area contributed by atoms with Gasteiger partial charge in [-0.05, 0) is 25.7 Å². The molecule has 0 amide bonds. The molecule has 21 heavy (non-hydrogen) atoms. The average Bonchev–Trinajstić information content (AvgIpc) is 3.21. The maximum Gasteiger partial charge on any atom is 0.191 e. The number of hydrogen-bond acceptors (Lipinski definition) is 4. The molecular weight excluding hydrogens is 381 g/mol. The fourth-order valence-corrected chi connectivity index (χ4v) is 2.74. The average molecular weight is 405 g/mol. The second-order valence-electron chi connectivity index (χ2n) is 5.60. The minimum Gasteiger partial charge on any atom is -0.364 e. The highest BCUT2D eigenvalue weighted by Crippen LogP contribution is 2.29. The van der Waals surface area contributed by atoms with Gasteiger partial charge in [-0.25, -0.2) is 0 Å². The fourth-order valence-electron chi connectivity index (χ4n) is 2.74. The van der Waals surface area contributed by atoms with Gasteiger partial charge < -0.3 is 20.1 Å². The summed E-state index contributed by atoms with van der Waals surface area (Å²) in [6.45, 7) is 3.06. The van der Waals surface area contributed by atoms with Crippen LogP contribution in [0.25, 0.3) is 0 Å². The summed E-state index contributed by atoms with van der Waals surface area (Å²) < 4.78 is 4.81. The van der Waals surface area contributed by atoms with Gasteiger partial charge in [0, 0.05) is 38.3 Å². The Morgan fingerprint density at radius 3 is 2.71 bits per heavy atom. The van der Waals surface area contributed by atoms with Crippen LogP contribution in [0, 0.1) is 0 Å². The van der Waals surface area contributed by atoms with Crippen molar-refractivity contribution in [1.29, 1.82) is 0 Å². The van der Waals surface area contributed by atoms with Crippen molar-refractivity contribution in [2.45, 2.75) is 44.3 Å². The molecule has 118 valence electrons. The number of halogens is 1. The molecule has 0 aromatic carbocycles. The van der Waals surface area contributed by atoms with Crippen LogP contribution in [0.2, 0.25) is 0 Å². The van der Waals surface area contributed by atoms with Crippen LogP contribution in [-0.2, 0) is 6.54 Å². The van der Waals surface area contributed by atoms with E-state index in [0.717, 1.165) is 17.7 Å². The van der Waals surface area contributed by atoms with Crippen LogP contribution in [0.4, 0.5) is 0 Å². The first-order valence-electron chi connectivity index (χ1n) is 7.45. The molecule has 1 aliphatic heterocycles. The first-order valence-corrected chi connectivity index (χ1v) is 7.45. The van der Waals surface area contributed by atoms with Crippen molar-refractivity contribution in [3.8, 4) is 0 Å². The molecule has 0 spiro atoms. The standard InChI is InChI=1S/C14H23N5O.HI/c1-15-14(16-10-12-6-9-20-18-12)17-11-4-7-19(8-5-11)13-2-3-13;/h6,9,11,13H,2-5,7-8,10H2,1H3,(H2,15,16,17);1H. The van der Waals surface area contributed by atoms with Gasteiger partial charge >= 0.3 is 0 Å². The summed E-state index contributed by atoms with van der Waals surface area (Å²) in [5, 5.41) is 10.6. The lowest BCUT2D eigenvalue weighted by Gasteiger charge is -2.33. The lowest BCUT2D eigenvalue weighted by atomic mass is 10.1. The molecule has 1 aliphatic carbocycles. The maximum atomic E-state index is 4.81. The van der Waals surface area contributed by atoms with Crippen LogP contribution in [0.3, 0.4) is 0 Å². The van der Waals surface area contributed by atoms with Crippen molar-refractivity contribution in [2.24, 2.45) is 4.99 Å². The Morgan fingerprint density at radius 1 is 1.38 bits per heavy atom. The van der Waals surface area contributed by atoms with Gasteiger partial charge in [-0.15, -0.1) is 24.0 Å². The molecule has 0 radical (unpaired) electrons. The molecule has 1 aromatic heterocycles. The summed E-state index contributed by atoms with van der Waals surface area (Å²) in [4.78, 5) is 6.90. The number of nitrogens with zero attached hydrogens (tertiary/aromatic N) is 3. The van der Waals surface area contributed by atoms with Gasteiger partial charge in [-0.1, -0.05) is 5.16 Å². The third kappa shape index (κ3) is 4.84. The molecule has 2 aliphatic rings. The van der Waals surface area contributed by atoms with Crippen LogP contribution in [0.15, 0.2) is 21.8 Å². The van der Waals surface area contributed by atoms with E-state index < -0.39 is 0 Å². The Kier molecular flexibility index (Phi) is 6.28. The van der Waals surface area contributed by atoms with Crippen LogP contribution in [0.5, 0.6) is 0 Å². The molecule has 1 saturated carbocycles. The third-order valence-corrected chi connectivity index (χ3v) is 4.09. The van der Waals surface area contributed by atoms with E-state index in [1.807, 2.05) is 6.07 Å². The summed E-state index contributed by atoms with van der Waals surface area (Å²) >= 11 is 0. The summed E-state index contributed by atoms with van der Waals surface area (Å²) in [5.74, 6) is 0.845. The Bertz CT molecular complexity index is 438. The van der Waals surface area contributed by atoms with Crippen LogP contribution in [-0.4, -0.2) is 48.2 Å². The molecule has 3 rings (SSSR count). The van der Waals surface area contributed by atoms with Gasteiger partial charge in [0.15, 0.2) is 5.96 Å². The van der Waals surface area contributed by atoms with E-state index >= 15 is 0 Å². The minimum atomic E-state index is 0. The van der Waals surface area contributed by atoms with E-state index in [0.29, 0.717) is 12.6 Å². The molecule has 0 bridgehead atoms. The zero-order valence-electron chi connectivity index (χ0n) is 12.4. The first-order chi connectivity index (χ1) is 9.85. The van der Waals surface area contributed by atoms with Crippen molar-refractivity contribution in [3.05, 3.63) is 18.0 Å². The molecule has 1 aromatic rings. The van der Waals surface area contributed by atoms with Gasteiger partial charge in [-0.3, -0.25) is 4.99 Å². The number of guanidine groups is 1. The summed E-state index contributed by atoms with van der Waals surface area (Å²) in [5.41, 5.74) is 0.886. The Hall–Kier alpha value is -0.830. The van der Waals surface area contributed by atoms with Crippen molar-refractivity contribution in [1.82, 2.24) is 20.7 Å². The van der Waals surface area contributed by atoms with E-state index in [1.54, 1.807) is 13.3 Å². The molecule has 2 heterocycles. The number of aromatic nitrogens is 1. The Balaban J connectivity index is 0.00000161. The highest BCUT2D eigenvalue weighted by Gasteiger charge is 2.31. The van der Waals surface area contributed by atoms with Gasteiger partial charge in [0.2, 0.25) is 0 Å². The maximum absolute atomic E-state index is 4.81. The predicted molar refractivity (Wildman–Crippen MR) is 92.9 cm³/mol. The second kappa shape index (κ2) is 7.98. The smallest absolute Gasteiger partial charge is 0.191 e. The molecule has 0 atom stereocenters. The fraction of sp³-hybridized carbons (Fsp3) is 0.714. The van der Waals surface area contributed by atoms with Crippen molar-refractivity contribution in [3.63, 3.8) is 0 Å². The van der Waals surface area contributed by atoms with E-state index in [2.05, 4.69) is 25.7 Å². The lowest BCUT2D eigenvalue weighted by Crippen LogP contribution is -2.48. The number of rotatable bonds is 4. The first kappa shape index (κ1) is 16.5. The zero-order valence-corrected chi connectivity index (χ0v) is 14.7. The lowest BCUT2D eigenvalue weighted by molar-refractivity contribution is 0.197. The van der Waals surface area contributed by atoms with Crippen molar-refractivity contribution in [2.75, 3.05) is 20.1 Å². The van der Waals surface area contributed by atoms with E-state index in [9.17, 15) is 0 Å². The second-order valence-corrected chi connectivity index (χ2v) is 5.60. The topological polar surface area (TPSA) is 65.7 Å². The number of hydrogen-bond donors (Lipinski definition) is 2. The van der Waals surface area contributed by atoms with Crippen LogP contribution < -0.4 is 10.6 Å². The Morgan fingerprint density at radius 2 is 2.14 bits per heavy atom. The van der Waals surface area contributed by atoms with Crippen molar-refractivity contribution >= 4 is 29.9 Å². The molecule has 2 fully saturated rings. The molecule has 2 N–H and O–H groups in total. The number of piperidine rings is 1. The summed E-state index contributed by atoms with van der Waals surface area (Å²) in [7, 11) is 1.80. The van der Waals surface area contributed by atoms with Crippen LogP contribution in [0.1, 0.15) is 31.4 Å². The number of likely N-dealkylation sites (tertiary alicyclic amines) is 1. The van der Waals surface area contributed by atoms with Gasteiger partial charge in [0.05, 0.1) is 6.54 Å². The van der Waals surface area contributed by atoms with E-state index in [-0.39, 0.29) is 24.0 Å². The monoisotopic (exact) mass is 405 g/mol. The predicted octanol–water partition coefficient (Wildman–Crippen LogP) is 1.58. The highest BCUT2D eigenvalue weighted by molar-refractivity contribution is 14.0. The van der Waals surface area contributed by atoms with Crippen LogP contribution >= 0.6 is 24.0 Å². The molecule has 0 unspecified atom stereocenters. The SMILES string of the molecule is CN=C(NCc1ccon1)NC1CCN(C2CC2)CC1.I. The number of aliphatic imine (C=N–C) groups is 1. The van der Waals surface area contributed by atoms with Gasteiger partial charge in [0.1, 0.15) is 12.0 Å². The molecular formula is C14H24IN5O. The minimum absolute atomic E-state index is 0. The largest absolute Gasteiger partial charge is 0.364 e. The molecule has 1 saturated heterocycles. The summed E-state index contributed by atoms with van der Waals surface area (Å²) in [6.07, 6.45) is 6.78. The quantitative estimate of drug-likeness (QED) is 0.453. The Labute approximate surface area is 142 Å². The van der Waals surface area contributed by atoms with Crippen molar-refractivity contribution < 1.29 is 4.52 Å².